The summed E-state index contributed by atoms with van der Waals surface area (Å²) in [7, 11) is 0. The van der Waals surface area contributed by atoms with Gasteiger partial charge in [-0.25, -0.2) is 0 Å². The van der Waals surface area contributed by atoms with Gasteiger partial charge in [-0.15, -0.1) is 0 Å². The van der Waals surface area contributed by atoms with Crippen LogP contribution in [0.3, 0.4) is 0 Å². The molecule has 0 amide bonds. The lowest BCUT2D eigenvalue weighted by molar-refractivity contribution is -0.137. The molecule has 132 valence electrons. The molecule has 4 nitrogen and oxygen atoms in total. The van der Waals surface area contributed by atoms with Gasteiger partial charge in [0, 0.05) is 18.4 Å². The van der Waals surface area contributed by atoms with Gasteiger partial charge in [0.05, 0.1) is 6.10 Å². The van der Waals surface area contributed by atoms with Gasteiger partial charge in [0.2, 0.25) is 0 Å². The molecule has 0 saturated carbocycles. The molecule has 0 radical (unpaired) electrons. The number of carboxylic acid groups (broad SMARTS) is 1. The van der Waals surface area contributed by atoms with Crippen LogP contribution in [0.15, 0.2) is 47.6 Å². The number of carboxylic acids is 1. The number of rotatable bonds is 11. The van der Waals surface area contributed by atoms with Gasteiger partial charge in [-0.05, 0) is 44.1 Å². The van der Waals surface area contributed by atoms with Crippen LogP contribution in [0.25, 0.3) is 0 Å². The molecule has 1 aliphatic carbocycles. The zero-order chi connectivity index (χ0) is 17.8. The van der Waals surface area contributed by atoms with E-state index in [0.717, 1.165) is 24.0 Å². The van der Waals surface area contributed by atoms with E-state index in [1.165, 1.54) is 0 Å². The van der Waals surface area contributed by atoms with E-state index in [-0.39, 0.29) is 12.2 Å². The molecule has 0 aromatic carbocycles. The van der Waals surface area contributed by atoms with Gasteiger partial charge in [-0.2, -0.15) is 0 Å². The number of ketones is 1. The number of hydrogen-bond acceptors (Lipinski definition) is 3. The summed E-state index contributed by atoms with van der Waals surface area (Å²) in [6.07, 6.45) is 15.9. The van der Waals surface area contributed by atoms with Crippen molar-refractivity contribution in [1.82, 2.24) is 0 Å². The average molecular weight is 332 g/mol. The first-order valence-corrected chi connectivity index (χ1v) is 8.67. The minimum atomic E-state index is -0.781. The largest absolute Gasteiger partial charge is 0.481 e. The standard InChI is InChI=1S/C20H28O4/c1-2-3-6-9-17(21)14-12-16-13-15-19(22)18(16)10-7-4-5-8-11-20(23)24/h3-4,6-7,12,14,17,21H,2,5,8-11,13,15H2,1H3,(H,23,24)/b6-3-,7-4-,14-12+. The van der Waals surface area contributed by atoms with Gasteiger partial charge in [-0.3, -0.25) is 9.59 Å². The summed E-state index contributed by atoms with van der Waals surface area (Å²) in [5, 5.41) is 18.5. The Hall–Kier alpha value is -1.94. The number of unbranched alkanes of at least 4 members (excludes halogenated alkanes) is 1. The van der Waals surface area contributed by atoms with Crippen LogP contribution < -0.4 is 0 Å². The van der Waals surface area contributed by atoms with Crippen LogP contribution in [-0.4, -0.2) is 28.1 Å². The minimum Gasteiger partial charge on any atom is -0.481 e. The Morgan fingerprint density at radius 2 is 2.00 bits per heavy atom. The molecule has 1 atom stereocenters. The van der Waals surface area contributed by atoms with Crippen LogP contribution in [0.2, 0.25) is 0 Å². The fraction of sp³-hybridized carbons (Fsp3) is 0.500. The highest BCUT2D eigenvalue weighted by atomic mass is 16.4. The second-order valence-electron chi connectivity index (χ2n) is 5.93. The third kappa shape index (κ3) is 8.06. The number of aliphatic carboxylic acids is 1. The molecule has 1 unspecified atom stereocenters. The molecule has 4 heteroatoms. The summed E-state index contributed by atoms with van der Waals surface area (Å²) in [4.78, 5) is 22.4. The van der Waals surface area contributed by atoms with E-state index in [9.17, 15) is 14.7 Å². The molecule has 0 fully saturated rings. The smallest absolute Gasteiger partial charge is 0.303 e. The normalized spacial score (nSPS) is 17.0. The molecule has 0 spiro atoms. The first-order valence-electron chi connectivity index (χ1n) is 8.67. The van der Waals surface area contributed by atoms with Crippen molar-refractivity contribution < 1.29 is 19.8 Å². The second-order valence-corrected chi connectivity index (χ2v) is 5.93. The number of carbonyl (C=O) groups is 2. The summed E-state index contributed by atoms with van der Waals surface area (Å²) in [5.41, 5.74) is 1.82. The van der Waals surface area contributed by atoms with Gasteiger partial charge in [0.15, 0.2) is 5.78 Å². The van der Waals surface area contributed by atoms with Gasteiger partial charge >= 0.3 is 5.97 Å². The van der Waals surface area contributed by atoms with Crippen molar-refractivity contribution in [3.05, 3.63) is 47.6 Å². The van der Waals surface area contributed by atoms with Crippen molar-refractivity contribution in [2.75, 3.05) is 0 Å². The average Bonchev–Trinajstić information content (AvgIpc) is 2.89. The zero-order valence-corrected chi connectivity index (χ0v) is 14.4. The zero-order valence-electron chi connectivity index (χ0n) is 14.4. The number of aliphatic hydroxyl groups is 1. The van der Waals surface area contributed by atoms with Gasteiger partial charge < -0.3 is 10.2 Å². The van der Waals surface area contributed by atoms with Crippen LogP contribution in [0.4, 0.5) is 0 Å². The van der Waals surface area contributed by atoms with Crippen LogP contribution in [-0.2, 0) is 9.59 Å². The third-order valence-corrected chi connectivity index (χ3v) is 3.90. The Morgan fingerprint density at radius 1 is 1.21 bits per heavy atom. The number of Topliss-reactive ketones (excluding diaryl/α,β-unsaturated/α-hetero) is 1. The Kier molecular flexibility index (Phi) is 9.70. The third-order valence-electron chi connectivity index (χ3n) is 3.90. The Bertz CT molecular complexity index is 538. The number of aliphatic hydroxyl groups excluding tert-OH is 1. The number of allylic oxidation sites excluding steroid dienone is 6. The molecular weight excluding hydrogens is 304 g/mol. The highest BCUT2D eigenvalue weighted by Crippen LogP contribution is 2.27. The summed E-state index contributed by atoms with van der Waals surface area (Å²) in [6, 6.07) is 0. The van der Waals surface area contributed by atoms with E-state index < -0.39 is 12.1 Å². The second kappa shape index (κ2) is 11.6. The van der Waals surface area contributed by atoms with Gasteiger partial charge in [0.25, 0.3) is 0 Å². The first-order chi connectivity index (χ1) is 11.5. The molecule has 0 heterocycles. The lowest BCUT2D eigenvalue weighted by Crippen LogP contribution is -2.00. The van der Waals surface area contributed by atoms with Crippen molar-refractivity contribution in [1.29, 1.82) is 0 Å². The molecule has 0 bridgehead atoms. The highest BCUT2D eigenvalue weighted by Gasteiger charge is 2.20. The fourth-order valence-electron chi connectivity index (χ4n) is 2.56. The Labute approximate surface area is 144 Å². The van der Waals surface area contributed by atoms with Crippen LogP contribution in [0.1, 0.15) is 58.3 Å². The number of carbonyl (C=O) groups excluding carboxylic acids is 1. The van der Waals surface area contributed by atoms with Gasteiger partial charge in [-0.1, -0.05) is 43.4 Å². The molecule has 0 aliphatic heterocycles. The molecule has 0 aromatic heterocycles. The summed E-state index contributed by atoms with van der Waals surface area (Å²) >= 11 is 0. The van der Waals surface area contributed by atoms with Crippen LogP contribution in [0, 0.1) is 0 Å². The topological polar surface area (TPSA) is 74.6 Å². The molecule has 0 aromatic rings. The summed E-state index contributed by atoms with van der Waals surface area (Å²) in [6.45, 7) is 2.05. The van der Waals surface area contributed by atoms with Crippen LogP contribution in [0.5, 0.6) is 0 Å². The fourth-order valence-corrected chi connectivity index (χ4v) is 2.56. The lowest BCUT2D eigenvalue weighted by Gasteiger charge is -2.02. The molecule has 2 N–H and O–H groups in total. The van der Waals surface area contributed by atoms with Crippen molar-refractivity contribution in [3.63, 3.8) is 0 Å². The van der Waals surface area contributed by atoms with Crippen molar-refractivity contribution in [2.45, 2.75) is 64.4 Å². The quantitative estimate of drug-likeness (QED) is 0.441. The molecule has 0 saturated heterocycles. The maximum atomic E-state index is 12.0. The Balaban J connectivity index is 2.53. The summed E-state index contributed by atoms with van der Waals surface area (Å²) < 4.78 is 0. The molecule has 1 rings (SSSR count). The molecule has 1 aliphatic rings. The van der Waals surface area contributed by atoms with E-state index in [1.54, 1.807) is 6.08 Å². The molecule has 24 heavy (non-hydrogen) atoms. The minimum absolute atomic E-state index is 0.171. The first kappa shape index (κ1) is 20.1. The molecular formula is C20H28O4. The van der Waals surface area contributed by atoms with E-state index in [1.807, 2.05) is 30.4 Å². The van der Waals surface area contributed by atoms with Gasteiger partial charge in [0.1, 0.15) is 0 Å². The predicted octanol–water partition coefficient (Wildman–Crippen LogP) is 4.12. The SMILES string of the molecule is CC/C=C\CC(O)/C=C/C1=C(C/C=C\CCCC(=O)O)C(=O)CC1. The van der Waals surface area contributed by atoms with E-state index in [2.05, 4.69) is 6.92 Å². The van der Waals surface area contributed by atoms with E-state index in [0.29, 0.717) is 32.1 Å². The predicted molar refractivity (Wildman–Crippen MR) is 95.7 cm³/mol. The highest BCUT2D eigenvalue weighted by molar-refractivity contribution is 5.99. The van der Waals surface area contributed by atoms with Crippen molar-refractivity contribution in [2.24, 2.45) is 0 Å². The van der Waals surface area contributed by atoms with E-state index >= 15 is 0 Å². The van der Waals surface area contributed by atoms with Crippen molar-refractivity contribution in [3.8, 4) is 0 Å². The van der Waals surface area contributed by atoms with E-state index in [4.69, 9.17) is 5.11 Å². The Morgan fingerprint density at radius 3 is 2.71 bits per heavy atom. The number of hydrogen-bond donors (Lipinski definition) is 2. The van der Waals surface area contributed by atoms with Crippen LogP contribution >= 0.6 is 0 Å². The lowest BCUT2D eigenvalue weighted by atomic mass is 10.1. The maximum Gasteiger partial charge on any atom is 0.303 e. The maximum absolute atomic E-state index is 12.0. The van der Waals surface area contributed by atoms with Crippen molar-refractivity contribution >= 4 is 11.8 Å². The monoisotopic (exact) mass is 332 g/mol. The summed E-state index contributed by atoms with van der Waals surface area (Å²) in [5.74, 6) is -0.609.